The molecule has 0 atom stereocenters. The maximum Gasteiger partial charge on any atom is 0.332 e. The Hall–Kier alpha value is -2.90. The second-order valence-corrected chi connectivity index (χ2v) is 8.32. The Morgan fingerprint density at radius 3 is 2.06 bits per heavy atom. The van der Waals surface area contributed by atoms with E-state index in [2.05, 4.69) is 35.1 Å². The summed E-state index contributed by atoms with van der Waals surface area (Å²) < 4.78 is 0. The molecule has 0 radical (unpaired) electrons. The molecule has 0 spiro atoms. The van der Waals surface area contributed by atoms with Crippen LogP contribution in [0, 0.1) is 0 Å². The number of halogens is 1. The SMILES string of the molecule is Cl.O=C(Cc1ccc(CCCCc2ccccc2)cc1)NOC(=O)CCC(=O)N1CCNCC1. The molecule has 0 saturated carbocycles. The summed E-state index contributed by atoms with van der Waals surface area (Å²) in [5, 5.41) is 3.17. The minimum atomic E-state index is -0.613. The molecule has 1 aliphatic heterocycles. The zero-order valence-corrected chi connectivity index (χ0v) is 20.3. The van der Waals surface area contributed by atoms with Gasteiger partial charge in [0.25, 0.3) is 5.91 Å². The van der Waals surface area contributed by atoms with Crippen LogP contribution in [-0.2, 0) is 38.5 Å². The molecule has 1 heterocycles. The van der Waals surface area contributed by atoms with Gasteiger partial charge < -0.3 is 15.1 Å². The molecule has 34 heavy (non-hydrogen) atoms. The van der Waals surface area contributed by atoms with Gasteiger partial charge in [-0.2, -0.15) is 5.48 Å². The van der Waals surface area contributed by atoms with Crippen molar-refractivity contribution in [3.8, 4) is 0 Å². The number of hydrogen-bond donors (Lipinski definition) is 2. The van der Waals surface area contributed by atoms with Crippen LogP contribution in [0.15, 0.2) is 54.6 Å². The average molecular weight is 488 g/mol. The Labute approximate surface area is 207 Å². The topological polar surface area (TPSA) is 87.7 Å². The molecule has 0 unspecified atom stereocenters. The van der Waals surface area contributed by atoms with Crippen LogP contribution in [0.4, 0.5) is 0 Å². The standard InChI is InChI=1S/C26H33N3O4.ClH/c30-24(28-33-26(32)15-14-25(31)29-18-16-27-17-19-29)20-23-12-10-22(11-13-23)9-5-4-8-21-6-2-1-3-7-21;/h1-3,6-7,10-13,27H,4-5,8-9,14-20H2,(H,28,30);1H. The summed E-state index contributed by atoms with van der Waals surface area (Å²) >= 11 is 0. The van der Waals surface area contributed by atoms with Gasteiger partial charge in [0.1, 0.15) is 0 Å². The van der Waals surface area contributed by atoms with Crippen LogP contribution in [0.5, 0.6) is 0 Å². The Morgan fingerprint density at radius 2 is 1.41 bits per heavy atom. The highest BCUT2D eigenvalue weighted by Crippen LogP contribution is 2.11. The fourth-order valence-electron chi connectivity index (χ4n) is 3.79. The molecule has 1 fully saturated rings. The molecular formula is C26H34ClN3O4. The van der Waals surface area contributed by atoms with Crippen LogP contribution >= 0.6 is 12.4 Å². The van der Waals surface area contributed by atoms with E-state index in [1.165, 1.54) is 11.1 Å². The highest BCUT2D eigenvalue weighted by molar-refractivity contribution is 5.85. The Bertz CT molecular complexity index is 900. The number of benzene rings is 2. The molecule has 3 rings (SSSR count). The van der Waals surface area contributed by atoms with Crippen LogP contribution in [-0.4, -0.2) is 48.9 Å². The average Bonchev–Trinajstić information content (AvgIpc) is 2.86. The van der Waals surface area contributed by atoms with Gasteiger partial charge >= 0.3 is 5.97 Å². The maximum atomic E-state index is 12.1. The minimum Gasteiger partial charge on any atom is -0.341 e. The molecule has 2 amide bonds. The first-order valence-corrected chi connectivity index (χ1v) is 11.7. The molecule has 7 nitrogen and oxygen atoms in total. The molecule has 2 aromatic rings. The van der Waals surface area contributed by atoms with Crippen molar-refractivity contribution < 1.29 is 19.2 Å². The third-order valence-electron chi connectivity index (χ3n) is 5.70. The molecule has 1 aliphatic rings. The molecule has 2 N–H and O–H groups in total. The van der Waals surface area contributed by atoms with Crippen molar-refractivity contribution in [3.05, 3.63) is 71.3 Å². The number of piperazine rings is 1. The number of amides is 2. The van der Waals surface area contributed by atoms with E-state index in [4.69, 9.17) is 4.84 Å². The van der Waals surface area contributed by atoms with E-state index in [9.17, 15) is 14.4 Å². The minimum absolute atomic E-state index is 0. The third kappa shape index (κ3) is 9.93. The van der Waals surface area contributed by atoms with Crippen molar-refractivity contribution in [3.63, 3.8) is 0 Å². The molecule has 1 saturated heterocycles. The lowest BCUT2D eigenvalue weighted by molar-refractivity contribution is -0.159. The third-order valence-corrected chi connectivity index (χ3v) is 5.70. The van der Waals surface area contributed by atoms with Crippen molar-refractivity contribution in [2.45, 2.75) is 44.9 Å². The number of hydroxylamine groups is 1. The lowest BCUT2D eigenvalue weighted by Crippen LogP contribution is -2.46. The van der Waals surface area contributed by atoms with Crippen LogP contribution in [0.1, 0.15) is 42.4 Å². The molecule has 0 aromatic heterocycles. The van der Waals surface area contributed by atoms with Gasteiger partial charge in [-0.25, -0.2) is 4.79 Å². The first-order chi connectivity index (χ1) is 16.1. The van der Waals surface area contributed by atoms with Crippen LogP contribution in [0.3, 0.4) is 0 Å². The van der Waals surface area contributed by atoms with Gasteiger partial charge in [-0.3, -0.25) is 9.59 Å². The van der Waals surface area contributed by atoms with E-state index in [0.717, 1.165) is 44.3 Å². The number of nitrogens with one attached hydrogen (secondary N) is 2. The van der Waals surface area contributed by atoms with E-state index in [0.29, 0.717) is 13.1 Å². The highest BCUT2D eigenvalue weighted by atomic mass is 35.5. The van der Waals surface area contributed by atoms with Gasteiger partial charge in [0.2, 0.25) is 5.91 Å². The summed E-state index contributed by atoms with van der Waals surface area (Å²) in [6, 6.07) is 18.4. The number of unbranched alkanes of at least 4 members (excludes halogenated alkanes) is 1. The summed E-state index contributed by atoms with van der Waals surface area (Å²) in [6.45, 7) is 2.83. The van der Waals surface area contributed by atoms with E-state index in [1.807, 2.05) is 30.3 Å². The largest absolute Gasteiger partial charge is 0.341 e. The first kappa shape index (κ1) is 27.3. The molecular weight excluding hydrogens is 454 g/mol. The monoisotopic (exact) mass is 487 g/mol. The fraction of sp³-hybridized carbons (Fsp3) is 0.423. The predicted molar refractivity (Wildman–Crippen MR) is 133 cm³/mol. The summed E-state index contributed by atoms with van der Waals surface area (Å²) in [5.74, 6) is -1.08. The van der Waals surface area contributed by atoms with E-state index in [1.54, 1.807) is 4.90 Å². The molecule has 2 aromatic carbocycles. The predicted octanol–water partition coefficient (Wildman–Crippen LogP) is 3.00. The maximum absolute atomic E-state index is 12.1. The van der Waals surface area contributed by atoms with Crippen molar-refractivity contribution in [1.29, 1.82) is 0 Å². The van der Waals surface area contributed by atoms with Crippen molar-refractivity contribution in [2.24, 2.45) is 0 Å². The lowest BCUT2D eigenvalue weighted by atomic mass is 10.0. The van der Waals surface area contributed by atoms with Gasteiger partial charge in [0.05, 0.1) is 12.8 Å². The van der Waals surface area contributed by atoms with Gasteiger partial charge in [-0.15, -0.1) is 12.4 Å². The van der Waals surface area contributed by atoms with E-state index < -0.39 is 11.9 Å². The number of carbonyl (C=O) groups excluding carboxylic acids is 3. The van der Waals surface area contributed by atoms with E-state index >= 15 is 0 Å². The van der Waals surface area contributed by atoms with Gasteiger partial charge in [-0.05, 0) is 42.4 Å². The summed E-state index contributed by atoms with van der Waals surface area (Å²) in [6.07, 6.45) is 4.50. The second-order valence-electron chi connectivity index (χ2n) is 8.32. The zero-order valence-electron chi connectivity index (χ0n) is 19.5. The van der Waals surface area contributed by atoms with Gasteiger partial charge in [-0.1, -0.05) is 54.6 Å². The Kier molecular flexibility index (Phi) is 12.1. The molecule has 0 bridgehead atoms. The number of aryl methyl sites for hydroxylation is 2. The zero-order chi connectivity index (χ0) is 23.3. The summed E-state index contributed by atoms with van der Waals surface area (Å²) in [7, 11) is 0. The number of rotatable bonds is 10. The van der Waals surface area contributed by atoms with Crippen LogP contribution < -0.4 is 10.8 Å². The molecule has 0 aliphatic carbocycles. The van der Waals surface area contributed by atoms with Gasteiger partial charge in [0, 0.05) is 32.6 Å². The Balaban J connectivity index is 0.00000408. The molecule has 184 valence electrons. The van der Waals surface area contributed by atoms with E-state index in [-0.39, 0.29) is 37.6 Å². The second kappa shape index (κ2) is 15.1. The van der Waals surface area contributed by atoms with Crippen LogP contribution in [0.2, 0.25) is 0 Å². The first-order valence-electron chi connectivity index (χ1n) is 11.7. The fourth-order valence-corrected chi connectivity index (χ4v) is 3.79. The summed E-state index contributed by atoms with van der Waals surface area (Å²) in [4.78, 5) is 42.5. The Morgan fingerprint density at radius 1 is 0.824 bits per heavy atom. The summed E-state index contributed by atoms with van der Waals surface area (Å²) in [5.41, 5.74) is 5.64. The number of nitrogens with zero attached hydrogens (tertiary/aromatic N) is 1. The molecule has 8 heteroatoms. The van der Waals surface area contributed by atoms with Crippen LogP contribution in [0.25, 0.3) is 0 Å². The van der Waals surface area contributed by atoms with Crippen molar-refractivity contribution >= 4 is 30.2 Å². The lowest BCUT2D eigenvalue weighted by Gasteiger charge is -2.27. The highest BCUT2D eigenvalue weighted by Gasteiger charge is 2.18. The van der Waals surface area contributed by atoms with Crippen molar-refractivity contribution in [1.82, 2.24) is 15.7 Å². The normalized spacial score (nSPS) is 13.0. The van der Waals surface area contributed by atoms with Gasteiger partial charge in [0.15, 0.2) is 0 Å². The van der Waals surface area contributed by atoms with Crippen molar-refractivity contribution in [2.75, 3.05) is 26.2 Å². The smallest absolute Gasteiger partial charge is 0.332 e. The number of carbonyl (C=O) groups is 3. The quantitative estimate of drug-likeness (QED) is 0.397. The number of hydrogen-bond acceptors (Lipinski definition) is 5.